The van der Waals surface area contributed by atoms with Crippen LogP contribution in [-0.4, -0.2) is 34.9 Å². The lowest BCUT2D eigenvalue weighted by atomic mass is 9.69. The van der Waals surface area contributed by atoms with Crippen molar-refractivity contribution in [3.63, 3.8) is 0 Å². The zero-order chi connectivity index (χ0) is 13.3. The molecule has 1 aliphatic heterocycles. The van der Waals surface area contributed by atoms with Crippen molar-refractivity contribution in [2.24, 2.45) is 5.73 Å². The minimum absolute atomic E-state index is 0.346. The van der Waals surface area contributed by atoms with Gasteiger partial charge in [0.1, 0.15) is 0 Å². The predicted octanol–water partition coefficient (Wildman–Crippen LogP) is 0.517. The second-order valence-corrected chi connectivity index (χ2v) is 5.14. The summed E-state index contributed by atoms with van der Waals surface area (Å²) >= 11 is 0. The molecule has 0 unspecified atom stereocenters. The van der Waals surface area contributed by atoms with Gasteiger partial charge in [-0.2, -0.15) is 0 Å². The van der Waals surface area contributed by atoms with E-state index in [9.17, 15) is 4.79 Å². The van der Waals surface area contributed by atoms with Crippen LogP contribution in [0.25, 0.3) is 0 Å². The highest BCUT2D eigenvalue weighted by Crippen LogP contribution is 2.45. The van der Waals surface area contributed by atoms with Crippen molar-refractivity contribution in [1.29, 1.82) is 0 Å². The molecule has 0 aromatic carbocycles. The van der Waals surface area contributed by atoms with E-state index in [4.69, 9.17) is 15.2 Å². The Hall–Kier alpha value is -1.53. The van der Waals surface area contributed by atoms with Crippen molar-refractivity contribution in [2.45, 2.75) is 36.9 Å². The second kappa shape index (κ2) is 4.54. The molecule has 0 atom stereocenters. The highest BCUT2D eigenvalue weighted by atomic mass is 16.7. The summed E-state index contributed by atoms with van der Waals surface area (Å²) in [5.74, 6) is -0.859. The third kappa shape index (κ3) is 2.01. The van der Waals surface area contributed by atoms with E-state index in [1.54, 1.807) is 18.6 Å². The van der Waals surface area contributed by atoms with E-state index in [1.807, 2.05) is 0 Å². The Kier molecular flexibility index (Phi) is 2.99. The first kappa shape index (κ1) is 12.5. The van der Waals surface area contributed by atoms with Crippen molar-refractivity contribution >= 4 is 5.91 Å². The van der Waals surface area contributed by atoms with Crippen LogP contribution >= 0.6 is 0 Å². The molecule has 6 nitrogen and oxygen atoms in total. The Balaban J connectivity index is 1.87. The highest BCUT2D eigenvalue weighted by molar-refractivity contribution is 5.86. The third-order valence-electron chi connectivity index (χ3n) is 4.20. The maximum absolute atomic E-state index is 12.0. The normalized spacial score (nSPS) is 24.4. The molecule has 19 heavy (non-hydrogen) atoms. The van der Waals surface area contributed by atoms with Crippen LogP contribution in [0.3, 0.4) is 0 Å². The van der Waals surface area contributed by atoms with Crippen molar-refractivity contribution in [3.05, 3.63) is 24.3 Å². The van der Waals surface area contributed by atoms with Crippen LogP contribution in [0.15, 0.2) is 18.6 Å². The second-order valence-electron chi connectivity index (χ2n) is 5.14. The molecule has 1 spiro atoms. The number of carbonyl (C=O) groups excluding carboxylic acids is 1. The van der Waals surface area contributed by atoms with Crippen LogP contribution in [0, 0.1) is 0 Å². The van der Waals surface area contributed by atoms with Gasteiger partial charge < -0.3 is 15.2 Å². The van der Waals surface area contributed by atoms with E-state index in [0.717, 1.165) is 0 Å². The van der Waals surface area contributed by atoms with E-state index < -0.39 is 11.2 Å². The molecule has 2 aliphatic rings. The summed E-state index contributed by atoms with van der Waals surface area (Å²) in [5, 5.41) is 0. The Morgan fingerprint density at radius 2 is 1.84 bits per heavy atom. The van der Waals surface area contributed by atoms with Gasteiger partial charge in [0.25, 0.3) is 0 Å². The number of carbonyl (C=O) groups is 1. The summed E-state index contributed by atoms with van der Waals surface area (Å²) in [6, 6.07) is 0. The Labute approximate surface area is 111 Å². The number of ether oxygens (including phenoxy) is 2. The summed E-state index contributed by atoms with van der Waals surface area (Å²) in [6.45, 7) is 1.24. The van der Waals surface area contributed by atoms with E-state index in [2.05, 4.69) is 9.97 Å². The fourth-order valence-electron chi connectivity index (χ4n) is 3.02. The summed E-state index contributed by atoms with van der Waals surface area (Å²) < 4.78 is 11.4. The smallest absolute Gasteiger partial charge is 0.229 e. The van der Waals surface area contributed by atoms with Crippen molar-refractivity contribution in [2.75, 3.05) is 13.2 Å². The molecule has 2 heterocycles. The van der Waals surface area contributed by atoms with Crippen LogP contribution in [0.4, 0.5) is 0 Å². The molecule has 102 valence electrons. The third-order valence-corrected chi connectivity index (χ3v) is 4.20. The van der Waals surface area contributed by atoms with E-state index in [1.165, 1.54) is 0 Å². The van der Waals surface area contributed by atoms with Gasteiger partial charge in [0.2, 0.25) is 5.91 Å². The van der Waals surface area contributed by atoms with E-state index >= 15 is 0 Å². The molecule has 1 aliphatic carbocycles. The van der Waals surface area contributed by atoms with Gasteiger partial charge in [0, 0.05) is 31.4 Å². The van der Waals surface area contributed by atoms with E-state index in [-0.39, 0.29) is 5.91 Å². The molecule has 0 radical (unpaired) electrons. The van der Waals surface area contributed by atoms with Gasteiger partial charge in [0.05, 0.1) is 24.3 Å². The topological polar surface area (TPSA) is 87.3 Å². The molecular formula is C13H17N3O3. The van der Waals surface area contributed by atoms with Gasteiger partial charge in [-0.05, 0) is 12.8 Å². The SMILES string of the molecule is NC(=O)C1(c2cnccn2)CCC2(CC1)OCCO2. The molecule has 1 aromatic rings. The molecule has 6 heteroatoms. The average molecular weight is 263 g/mol. The zero-order valence-corrected chi connectivity index (χ0v) is 10.7. The number of amides is 1. The van der Waals surface area contributed by atoms with Crippen molar-refractivity contribution in [3.8, 4) is 0 Å². The number of hydrogen-bond acceptors (Lipinski definition) is 5. The first-order chi connectivity index (χ1) is 9.17. The maximum Gasteiger partial charge on any atom is 0.229 e. The lowest BCUT2D eigenvalue weighted by Crippen LogP contribution is -2.49. The van der Waals surface area contributed by atoms with Crippen LogP contribution in [-0.2, 0) is 19.7 Å². The van der Waals surface area contributed by atoms with Gasteiger partial charge >= 0.3 is 0 Å². The average Bonchev–Trinajstić information content (AvgIpc) is 2.89. The predicted molar refractivity (Wildman–Crippen MR) is 66.0 cm³/mol. The summed E-state index contributed by atoms with van der Waals surface area (Å²) in [5.41, 5.74) is 5.54. The lowest BCUT2D eigenvalue weighted by molar-refractivity contribution is -0.186. The Morgan fingerprint density at radius 3 is 2.37 bits per heavy atom. The van der Waals surface area contributed by atoms with Crippen LogP contribution in [0.2, 0.25) is 0 Å². The van der Waals surface area contributed by atoms with E-state index in [0.29, 0.717) is 44.6 Å². The fourth-order valence-corrected chi connectivity index (χ4v) is 3.02. The first-order valence-electron chi connectivity index (χ1n) is 6.51. The highest BCUT2D eigenvalue weighted by Gasteiger charge is 2.50. The van der Waals surface area contributed by atoms with Crippen LogP contribution < -0.4 is 5.73 Å². The zero-order valence-electron chi connectivity index (χ0n) is 10.7. The van der Waals surface area contributed by atoms with Gasteiger partial charge in [-0.15, -0.1) is 0 Å². The number of rotatable bonds is 2. The molecule has 2 fully saturated rings. The van der Waals surface area contributed by atoms with Gasteiger partial charge in [0.15, 0.2) is 5.79 Å². The number of primary amides is 1. The maximum atomic E-state index is 12.0. The summed E-state index contributed by atoms with van der Waals surface area (Å²) in [6.07, 6.45) is 7.29. The molecule has 1 aromatic heterocycles. The monoisotopic (exact) mass is 263 g/mol. The largest absolute Gasteiger partial charge is 0.369 e. The van der Waals surface area contributed by atoms with Crippen molar-refractivity contribution in [1.82, 2.24) is 9.97 Å². The molecule has 1 amide bonds. The van der Waals surface area contributed by atoms with Gasteiger partial charge in [-0.25, -0.2) is 0 Å². The Bertz CT molecular complexity index is 461. The number of aromatic nitrogens is 2. The van der Waals surface area contributed by atoms with Gasteiger partial charge in [-0.3, -0.25) is 14.8 Å². The Morgan fingerprint density at radius 1 is 1.16 bits per heavy atom. The quantitative estimate of drug-likeness (QED) is 0.840. The summed E-state index contributed by atoms with van der Waals surface area (Å²) in [4.78, 5) is 20.3. The van der Waals surface area contributed by atoms with Crippen molar-refractivity contribution < 1.29 is 14.3 Å². The molecule has 1 saturated carbocycles. The molecule has 0 bridgehead atoms. The lowest BCUT2D eigenvalue weighted by Gasteiger charge is -2.41. The first-order valence-corrected chi connectivity index (χ1v) is 6.51. The fraction of sp³-hybridized carbons (Fsp3) is 0.615. The number of hydrogen-bond donors (Lipinski definition) is 1. The standard InChI is InChI=1S/C13H17N3O3/c14-11(17)12(10-9-15-5-6-16-10)1-3-13(4-2-12)18-7-8-19-13/h5-6,9H,1-4,7-8H2,(H2,14,17). The molecule has 3 rings (SSSR count). The molecule has 1 saturated heterocycles. The number of nitrogens with two attached hydrogens (primary N) is 1. The molecular weight excluding hydrogens is 246 g/mol. The van der Waals surface area contributed by atoms with Crippen LogP contribution in [0.5, 0.6) is 0 Å². The molecule has 2 N–H and O–H groups in total. The minimum Gasteiger partial charge on any atom is -0.369 e. The van der Waals surface area contributed by atoms with Crippen LogP contribution in [0.1, 0.15) is 31.4 Å². The minimum atomic E-state index is -0.741. The van der Waals surface area contributed by atoms with Gasteiger partial charge in [-0.1, -0.05) is 0 Å². The summed E-state index contributed by atoms with van der Waals surface area (Å²) in [7, 11) is 0. The number of nitrogens with zero attached hydrogens (tertiary/aromatic N) is 2.